The summed E-state index contributed by atoms with van der Waals surface area (Å²) >= 11 is 0. The quantitative estimate of drug-likeness (QED) is 0.450. The Labute approximate surface area is 121 Å². The molecule has 0 radical (unpaired) electrons. The van der Waals surface area contributed by atoms with Gasteiger partial charge in [-0.3, -0.25) is 4.79 Å². The van der Waals surface area contributed by atoms with Gasteiger partial charge < -0.3 is 9.84 Å². The van der Waals surface area contributed by atoms with Crippen molar-refractivity contribution in [3.8, 4) is 11.8 Å². The number of Topliss-reactive ketones (excluding diaryl/α,β-unsaturated/α-hetero) is 1. The van der Waals surface area contributed by atoms with Gasteiger partial charge in [-0.15, -0.1) is 0 Å². The van der Waals surface area contributed by atoms with Crippen LogP contribution >= 0.6 is 0 Å². The summed E-state index contributed by atoms with van der Waals surface area (Å²) < 4.78 is 5.66. The SMILES string of the molecule is C[C@@H](CC#CC(=O)CCCCO)OCc1ccccc1. The van der Waals surface area contributed by atoms with Gasteiger partial charge in [0.05, 0.1) is 12.7 Å². The molecule has 1 N–H and O–H groups in total. The van der Waals surface area contributed by atoms with E-state index >= 15 is 0 Å². The third kappa shape index (κ3) is 7.73. The number of hydrogen-bond donors (Lipinski definition) is 1. The summed E-state index contributed by atoms with van der Waals surface area (Å²) in [5.74, 6) is 5.42. The van der Waals surface area contributed by atoms with Gasteiger partial charge in [0.25, 0.3) is 0 Å². The van der Waals surface area contributed by atoms with E-state index in [1.807, 2.05) is 37.3 Å². The van der Waals surface area contributed by atoms with E-state index < -0.39 is 0 Å². The average molecular weight is 274 g/mol. The third-order valence-corrected chi connectivity index (χ3v) is 2.81. The van der Waals surface area contributed by atoms with Crippen LogP contribution in [0.4, 0.5) is 0 Å². The molecule has 0 amide bonds. The number of unbranched alkanes of at least 4 members (excludes halogenated alkanes) is 1. The molecule has 0 aliphatic carbocycles. The monoisotopic (exact) mass is 274 g/mol. The molecule has 1 aromatic rings. The summed E-state index contributed by atoms with van der Waals surface area (Å²) in [5.41, 5.74) is 1.13. The molecular formula is C17H22O3. The maximum atomic E-state index is 11.4. The Morgan fingerprint density at radius 1 is 1.30 bits per heavy atom. The maximum Gasteiger partial charge on any atom is 0.205 e. The Morgan fingerprint density at radius 2 is 2.05 bits per heavy atom. The first-order valence-electron chi connectivity index (χ1n) is 7.00. The summed E-state index contributed by atoms with van der Waals surface area (Å²) in [6, 6.07) is 9.97. The Kier molecular flexibility index (Phi) is 8.37. The van der Waals surface area contributed by atoms with Crippen LogP contribution in [0, 0.1) is 11.8 Å². The molecule has 0 aromatic heterocycles. The largest absolute Gasteiger partial charge is 0.396 e. The Bertz CT molecular complexity index is 442. The molecule has 0 unspecified atom stereocenters. The molecule has 1 rings (SSSR count). The van der Waals surface area contributed by atoms with Crippen molar-refractivity contribution in [3.05, 3.63) is 35.9 Å². The molecule has 0 saturated heterocycles. The molecule has 0 heterocycles. The van der Waals surface area contributed by atoms with Crippen molar-refractivity contribution in [1.82, 2.24) is 0 Å². The molecule has 0 spiro atoms. The lowest BCUT2D eigenvalue weighted by Crippen LogP contribution is -2.07. The minimum Gasteiger partial charge on any atom is -0.396 e. The second kappa shape index (κ2) is 10.2. The van der Waals surface area contributed by atoms with E-state index in [4.69, 9.17) is 9.84 Å². The number of aliphatic hydroxyl groups excluding tert-OH is 1. The zero-order valence-corrected chi connectivity index (χ0v) is 12.0. The van der Waals surface area contributed by atoms with Crippen LogP contribution in [0.25, 0.3) is 0 Å². The molecule has 0 bridgehead atoms. The molecule has 108 valence electrons. The zero-order valence-electron chi connectivity index (χ0n) is 12.0. The van der Waals surface area contributed by atoms with Crippen LogP contribution in [0.15, 0.2) is 30.3 Å². The second-order valence-corrected chi connectivity index (χ2v) is 4.72. The van der Waals surface area contributed by atoms with Crippen molar-refractivity contribution in [1.29, 1.82) is 0 Å². The highest BCUT2D eigenvalue weighted by Gasteiger charge is 2.01. The topological polar surface area (TPSA) is 46.5 Å². The molecule has 3 nitrogen and oxygen atoms in total. The number of aliphatic hydroxyl groups is 1. The first-order valence-corrected chi connectivity index (χ1v) is 7.00. The van der Waals surface area contributed by atoms with Gasteiger partial charge in [-0.1, -0.05) is 36.3 Å². The van der Waals surface area contributed by atoms with E-state index in [-0.39, 0.29) is 18.5 Å². The van der Waals surface area contributed by atoms with Crippen molar-refractivity contribution in [3.63, 3.8) is 0 Å². The fraction of sp³-hybridized carbons (Fsp3) is 0.471. The lowest BCUT2D eigenvalue weighted by molar-refractivity contribution is -0.113. The van der Waals surface area contributed by atoms with E-state index in [0.29, 0.717) is 32.3 Å². The summed E-state index contributed by atoms with van der Waals surface area (Å²) in [6.45, 7) is 2.65. The fourth-order valence-corrected chi connectivity index (χ4v) is 1.62. The normalized spacial score (nSPS) is 11.5. The smallest absolute Gasteiger partial charge is 0.205 e. The Balaban J connectivity index is 2.19. The van der Waals surface area contributed by atoms with Crippen LogP contribution in [0.5, 0.6) is 0 Å². The average Bonchev–Trinajstić information content (AvgIpc) is 2.46. The molecule has 0 saturated carbocycles. The maximum absolute atomic E-state index is 11.4. The highest BCUT2D eigenvalue weighted by Crippen LogP contribution is 2.05. The van der Waals surface area contributed by atoms with Gasteiger partial charge in [-0.25, -0.2) is 0 Å². The number of ketones is 1. The molecule has 0 fully saturated rings. The van der Waals surface area contributed by atoms with Crippen LogP contribution < -0.4 is 0 Å². The molecule has 0 aliphatic rings. The van der Waals surface area contributed by atoms with Gasteiger partial charge in [0.2, 0.25) is 5.78 Å². The van der Waals surface area contributed by atoms with Gasteiger partial charge in [-0.2, -0.15) is 0 Å². The van der Waals surface area contributed by atoms with Crippen LogP contribution in [0.1, 0.15) is 38.2 Å². The lowest BCUT2D eigenvalue weighted by Gasteiger charge is -2.09. The number of benzene rings is 1. The third-order valence-electron chi connectivity index (χ3n) is 2.81. The number of carbonyl (C=O) groups excluding carboxylic acids is 1. The molecule has 1 atom stereocenters. The number of rotatable bonds is 8. The van der Waals surface area contributed by atoms with Gasteiger partial charge in [0.1, 0.15) is 0 Å². The molecule has 0 aliphatic heterocycles. The van der Waals surface area contributed by atoms with Crippen molar-refractivity contribution in [2.24, 2.45) is 0 Å². The van der Waals surface area contributed by atoms with Gasteiger partial charge in [0.15, 0.2) is 0 Å². The molecule has 1 aromatic carbocycles. The number of carbonyl (C=O) groups is 1. The van der Waals surface area contributed by atoms with Gasteiger partial charge in [-0.05, 0) is 31.2 Å². The second-order valence-electron chi connectivity index (χ2n) is 4.72. The van der Waals surface area contributed by atoms with Gasteiger partial charge in [0, 0.05) is 19.4 Å². The van der Waals surface area contributed by atoms with Crippen molar-refractivity contribution in [2.45, 2.75) is 45.3 Å². The van der Waals surface area contributed by atoms with E-state index in [1.54, 1.807) is 0 Å². The number of hydrogen-bond acceptors (Lipinski definition) is 3. The van der Waals surface area contributed by atoms with E-state index in [1.165, 1.54) is 0 Å². The summed E-state index contributed by atoms with van der Waals surface area (Å²) in [5, 5.41) is 8.62. The minimum atomic E-state index is -0.0614. The van der Waals surface area contributed by atoms with Crippen molar-refractivity contribution < 1.29 is 14.6 Å². The van der Waals surface area contributed by atoms with Crippen LogP contribution in [-0.4, -0.2) is 23.6 Å². The molecular weight excluding hydrogens is 252 g/mol. The Hall–Kier alpha value is -1.63. The molecule has 3 heteroatoms. The highest BCUT2D eigenvalue weighted by molar-refractivity contribution is 5.95. The summed E-state index contributed by atoms with van der Waals surface area (Å²) in [6.07, 6.45) is 2.34. The fourth-order valence-electron chi connectivity index (χ4n) is 1.62. The molecule has 20 heavy (non-hydrogen) atoms. The summed E-state index contributed by atoms with van der Waals surface area (Å²) in [4.78, 5) is 11.4. The van der Waals surface area contributed by atoms with Gasteiger partial charge >= 0.3 is 0 Å². The predicted octanol–water partition coefficient (Wildman–Crippen LogP) is 2.72. The predicted molar refractivity (Wildman–Crippen MR) is 79.0 cm³/mol. The first-order chi connectivity index (χ1) is 9.72. The van der Waals surface area contributed by atoms with Crippen molar-refractivity contribution in [2.75, 3.05) is 6.61 Å². The highest BCUT2D eigenvalue weighted by atomic mass is 16.5. The minimum absolute atomic E-state index is 0.00736. The van der Waals surface area contributed by atoms with Crippen LogP contribution in [0.3, 0.4) is 0 Å². The zero-order chi connectivity index (χ0) is 14.6. The lowest BCUT2D eigenvalue weighted by atomic mass is 10.2. The number of ether oxygens (including phenoxy) is 1. The van der Waals surface area contributed by atoms with E-state index in [9.17, 15) is 4.79 Å². The van der Waals surface area contributed by atoms with Crippen LogP contribution in [0.2, 0.25) is 0 Å². The van der Waals surface area contributed by atoms with E-state index in [2.05, 4.69) is 11.8 Å². The van der Waals surface area contributed by atoms with Crippen molar-refractivity contribution >= 4 is 5.78 Å². The summed E-state index contributed by atoms with van der Waals surface area (Å²) in [7, 11) is 0. The first kappa shape index (κ1) is 16.4. The Morgan fingerprint density at radius 3 is 2.75 bits per heavy atom. The standard InChI is InChI=1S/C17H22O3/c1-15(20-14-16-9-3-2-4-10-16)8-7-12-17(19)11-5-6-13-18/h2-4,9-10,15,18H,5-6,8,11,13-14H2,1H3/t15-/m0/s1. The van der Waals surface area contributed by atoms with E-state index in [0.717, 1.165) is 5.56 Å². The van der Waals surface area contributed by atoms with Crippen LogP contribution in [-0.2, 0) is 16.1 Å².